The summed E-state index contributed by atoms with van der Waals surface area (Å²) in [6.45, 7) is 1.89. The normalized spacial score (nSPS) is 11.1. The van der Waals surface area contributed by atoms with Gasteiger partial charge in [0.15, 0.2) is 0 Å². The lowest BCUT2D eigenvalue weighted by Crippen LogP contribution is -2.33. The Morgan fingerprint density at radius 1 is 1.04 bits per heavy atom. The first-order chi connectivity index (χ1) is 13.0. The van der Waals surface area contributed by atoms with Crippen LogP contribution in [-0.4, -0.2) is 16.7 Å². The van der Waals surface area contributed by atoms with E-state index in [0.717, 1.165) is 26.3 Å². The SMILES string of the molecule is COc1ccc(-c2sc3[nH]c(=O)n(-c4ccc(Cl)cc4)c(=O)c3c2C)cc1. The predicted molar refractivity (Wildman–Crippen MR) is 110 cm³/mol. The molecule has 0 amide bonds. The molecule has 2 heterocycles. The lowest BCUT2D eigenvalue weighted by molar-refractivity contribution is 0.415. The fourth-order valence-corrected chi connectivity index (χ4v) is 4.38. The van der Waals surface area contributed by atoms with Crippen molar-refractivity contribution in [1.82, 2.24) is 9.55 Å². The molecule has 27 heavy (non-hydrogen) atoms. The second-order valence-corrected chi connectivity index (χ2v) is 7.49. The van der Waals surface area contributed by atoms with E-state index in [2.05, 4.69) is 4.98 Å². The molecule has 4 aromatic rings. The van der Waals surface area contributed by atoms with Crippen LogP contribution in [0.15, 0.2) is 58.1 Å². The smallest absolute Gasteiger partial charge is 0.334 e. The third kappa shape index (κ3) is 2.97. The molecule has 0 spiro atoms. The highest BCUT2D eigenvalue weighted by atomic mass is 35.5. The zero-order valence-corrected chi connectivity index (χ0v) is 16.1. The number of aromatic nitrogens is 2. The van der Waals surface area contributed by atoms with Gasteiger partial charge in [-0.1, -0.05) is 11.6 Å². The Labute approximate surface area is 163 Å². The average Bonchev–Trinajstić information content (AvgIpc) is 2.99. The third-order valence-corrected chi connectivity index (χ3v) is 5.93. The van der Waals surface area contributed by atoms with Crippen LogP contribution in [0.5, 0.6) is 5.75 Å². The summed E-state index contributed by atoms with van der Waals surface area (Å²) in [6, 6.07) is 14.2. The van der Waals surface area contributed by atoms with Gasteiger partial charge in [0.25, 0.3) is 5.56 Å². The van der Waals surface area contributed by atoms with Crippen LogP contribution >= 0.6 is 22.9 Å². The average molecular weight is 399 g/mol. The highest BCUT2D eigenvalue weighted by molar-refractivity contribution is 7.22. The van der Waals surface area contributed by atoms with Gasteiger partial charge >= 0.3 is 5.69 Å². The van der Waals surface area contributed by atoms with Crippen LogP contribution in [0.3, 0.4) is 0 Å². The van der Waals surface area contributed by atoms with Gasteiger partial charge < -0.3 is 4.74 Å². The minimum atomic E-state index is -0.475. The van der Waals surface area contributed by atoms with Crippen molar-refractivity contribution >= 4 is 33.2 Å². The fraction of sp³-hybridized carbons (Fsp3) is 0.100. The molecule has 2 aromatic carbocycles. The highest BCUT2D eigenvalue weighted by Crippen LogP contribution is 2.36. The summed E-state index contributed by atoms with van der Waals surface area (Å²) in [6.07, 6.45) is 0. The predicted octanol–water partition coefficient (Wildman–Crippen LogP) is 4.38. The molecular weight excluding hydrogens is 384 g/mol. The number of methoxy groups -OCH3 is 1. The lowest BCUT2D eigenvalue weighted by Gasteiger charge is -2.05. The zero-order chi connectivity index (χ0) is 19.1. The van der Waals surface area contributed by atoms with Gasteiger partial charge in [-0.3, -0.25) is 9.78 Å². The summed E-state index contributed by atoms with van der Waals surface area (Å²) >= 11 is 7.31. The number of rotatable bonds is 3. The van der Waals surface area contributed by atoms with E-state index in [9.17, 15) is 9.59 Å². The number of aryl methyl sites for hydroxylation is 1. The number of aromatic amines is 1. The lowest BCUT2D eigenvalue weighted by atomic mass is 10.1. The van der Waals surface area contributed by atoms with E-state index in [1.807, 2.05) is 31.2 Å². The van der Waals surface area contributed by atoms with Crippen LogP contribution < -0.4 is 16.0 Å². The number of hydrogen-bond acceptors (Lipinski definition) is 4. The molecule has 0 saturated heterocycles. The van der Waals surface area contributed by atoms with Crippen LogP contribution in [0.25, 0.3) is 26.3 Å². The van der Waals surface area contributed by atoms with Crippen molar-refractivity contribution in [2.45, 2.75) is 6.92 Å². The van der Waals surface area contributed by atoms with E-state index >= 15 is 0 Å². The molecule has 0 aliphatic rings. The topological polar surface area (TPSA) is 64.1 Å². The second-order valence-electron chi connectivity index (χ2n) is 6.04. The maximum Gasteiger partial charge on any atom is 0.334 e. The molecule has 0 atom stereocenters. The molecule has 1 N–H and O–H groups in total. The standard InChI is InChI=1S/C20H15ClN2O3S/c1-11-16-18(27-17(11)12-3-9-15(26-2)10-4-12)22-20(25)23(19(16)24)14-7-5-13(21)6-8-14/h3-10H,1-2H3,(H,22,25). The third-order valence-electron chi connectivity index (χ3n) is 4.42. The van der Waals surface area contributed by atoms with E-state index < -0.39 is 5.69 Å². The number of thiophene rings is 1. The number of hydrogen-bond donors (Lipinski definition) is 1. The largest absolute Gasteiger partial charge is 0.497 e. The van der Waals surface area contributed by atoms with Crippen molar-refractivity contribution in [3.8, 4) is 21.9 Å². The molecule has 2 aromatic heterocycles. The number of nitrogens with zero attached hydrogens (tertiary/aromatic N) is 1. The molecule has 0 fully saturated rings. The first kappa shape index (κ1) is 17.6. The Balaban J connectivity index is 1.95. The Morgan fingerprint density at radius 3 is 2.33 bits per heavy atom. The monoisotopic (exact) mass is 398 g/mol. The Morgan fingerprint density at radius 2 is 1.70 bits per heavy atom. The van der Waals surface area contributed by atoms with Gasteiger partial charge in [-0.05, 0) is 66.6 Å². The summed E-state index contributed by atoms with van der Waals surface area (Å²) in [5.74, 6) is 0.760. The molecule has 136 valence electrons. The minimum Gasteiger partial charge on any atom is -0.497 e. The van der Waals surface area contributed by atoms with Gasteiger partial charge in [0.1, 0.15) is 10.6 Å². The van der Waals surface area contributed by atoms with Crippen LogP contribution in [0, 0.1) is 6.92 Å². The van der Waals surface area contributed by atoms with Crippen molar-refractivity contribution < 1.29 is 4.74 Å². The molecule has 0 bridgehead atoms. The van der Waals surface area contributed by atoms with Gasteiger partial charge in [0.05, 0.1) is 18.2 Å². The first-order valence-electron chi connectivity index (χ1n) is 8.18. The summed E-state index contributed by atoms with van der Waals surface area (Å²) in [5, 5.41) is 1.05. The molecule has 0 aliphatic carbocycles. The van der Waals surface area contributed by atoms with Crippen molar-refractivity contribution in [2.24, 2.45) is 0 Å². The van der Waals surface area contributed by atoms with Crippen LogP contribution in [0.2, 0.25) is 5.02 Å². The van der Waals surface area contributed by atoms with E-state index in [1.165, 1.54) is 11.3 Å². The van der Waals surface area contributed by atoms with E-state index in [-0.39, 0.29) is 5.56 Å². The first-order valence-corrected chi connectivity index (χ1v) is 9.38. The summed E-state index contributed by atoms with van der Waals surface area (Å²) in [7, 11) is 1.61. The summed E-state index contributed by atoms with van der Waals surface area (Å²) < 4.78 is 6.33. The van der Waals surface area contributed by atoms with Crippen LogP contribution in [0.1, 0.15) is 5.56 Å². The molecule has 7 heteroatoms. The number of fused-ring (bicyclic) bond motifs is 1. The Bertz CT molecular complexity index is 1250. The summed E-state index contributed by atoms with van der Waals surface area (Å²) in [5.41, 5.74) is 1.46. The highest BCUT2D eigenvalue weighted by Gasteiger charge is 2.18. The minimum absolute atomic E-state index is 0.343. The Hall–Kier alpha value is -2.83. The van der Waals surface area contributed by atoms with Crippen molar-refractivity contribution in [3.63, 3.8) is 0 Å². The number of nitrogens with one attached hydrogen (secondary N) is 1. The molecule has 0 saturated carbocycles. The fourth-order valence-electron chi connectivity index (χ4n) is 3.06. The molecule has 0 aliphatic heterocycles. The van der Waals surface area contributed by atoms with E-state index in [0.29, 0.717) is 20.9 Å². The maximum atomic E-state index is 13.1. The van der Waals surface area contributed by atoms with Gasteiger partial charge in [-0.25, -0.2) is 9.36 Å². The zero-order valence-electron chi connectivity index (χ0n) is 14.6. The van der Waals surface area contributed by atoms with Crippen LogP contribution in [-0.2, 0) is 0 Å². The second kappa shape index (κ2) is 6.72. The molecule has 0 unspecified atom stereocenters. The van der Waals surface area contributed by atoms with E-state index in [1.54, 1.807) is 31.4 Å². The van der Waals surface area contributed by atoms with Gasteiger partial charge in [0.2, 0.25) is 0 Å². The summed E-state index contributed by atoms with van der Waals surface area (Å²) in [4.78, 5) is 30.0. The van der Waals surface area contributed by atoms with Gasteiger partial charge in [-0.15, -0.1) is 11.3 Å². The Kier molecular flexibility index (Phi) is 4.37. The number of halogens is 1. The molecular formula is C20H15ClN2O3S. The van der Waals surface area contributed by atoms with Gasteiger partial charge in [0, 0.05) is 9.90 Å². The number of H-pyrrole nitrogens is 1. The molecule has 5 nitrogen and oxygen atoms in total. The van der Waals surface area contributed by atoms with Gasteiger partial charge in [-0.2, -0.15) is 0 Å². The quantitative estimate of drug-likeness (QED) is 0.557. The van der Waals surface area contributed by atoms with Crippen molar-refractivity contribution in [1.29, 1.82) is 0 Å². The van der Waals surface area contributed by atoms with Crippen molar-refractivity contribution in [3.05, 3.63) is 80.0 Å². The number of benzene rings is 2. The molecule has 4 rings (SSSR count). The molecule has 0 radical (unpaired) electrons. The van der Waals surface area contributed by atoms with Crippen molar-refractivity contribution in [2.75, 3.05) is 7.11 Å². The van der Waals surface area contributed by atoms with E-state index in [4.69, 9.17) is 16.3 Å². The maximum absolute atomic E-state index is 13.1. The number of ether oxygens (including phenoxy) is 1. The van der Waals surface area contributed by atoms with Crippen LogP contribution in [0.4, 0.5) is 0 Å².